The highest BCUT2D eigenvalue weighted by Crippen LogP contribution is 2.52. The molecule has 6 aromatic heterocycles. The van der Waals surface area contributed by atoms with Crippen LogP contribution >= 0.6 is 0 Å². The smallest absolute Gasteiger partial charge is 0.0901 e. The summed E-state index contributed by atoms with van der Waals surface area (Å²) in [6.07, 6.45) is 0. The summed E-state index contributed by atoms with van der Waals surface area (Å²) in [5.74, 6) is 0. The molecule has 0 atom stereocenters. The first-order valence-corrected chi connectivity index (χ1v) is 25.2. The molecule has 14 rings (SSSR count). The lowest BCUT2D eigenvalue weighted by Gasteiger charge is -2.21. The molecule has 72 heavy (non-hydrogen) atoms. The summed E-state index contributed by atoms with van der Waals surface area (Å²) in [5, 5.41) is 0. The molecule has 6 nitrogen and oxygen atoms in total. The molecule has 0 saturated carbocycles. The standard InChI is InChI=1S/C66H52N6/c1-63(2)43-21-13-9-17-39(43)59-47(63)25-29-51(69-59)37-33-55(53-31-27-49-61(71-53)41-19-11-15-23-45(41)65(49,5)6)67-57(35-37)58-36-38(52-30-26-48-60(70-52)40-18-10-14-22-44(40)64(48,3)4)34-56(68-58)54-32-28-50-62(72-54)42-20-12-16-24-46(42)66(50,7)8/h9-36H,1-8H3. The highest BCUT2D eigenvalue weighted by molar-refractivity contribution is 5.86. The number of hydrogen-bond donors (Lipinski definition) is 0. The fraction of sp³-hybridized carbons (Fsp3) is 0.182. The summed E-state index contributed by atoms with van der Waals surface area (Å²) in [4.78, 5) is 33.0. The van der Waals surface area contributed by atoms with Crippen LogP contribution in [0.3, 0.4) is 0 Å². The summed E-state index contributed by atoms with van der Waals surface area (Å²) < 4.78 is 0. The Labute approximate surface area is 421 Å². The van der Waals surface area contributed by atoms with Crippen LogP contribution in [0, 0.1) is 0 Å². The maximum atomic E-state index is 5.54. The number of pyridine rings is 6. The monoisotopic (exact) mass is 928 g/mol. The number of rotatable bonds is 5. The van der Waals surface area contributed by atoms with Gasteiger partial charge in [0.05, 0.1) is 68.3 Å². The molecule has 4 aliphatic rings. The normalized spacial score (nSPS) is 15.9. The van der Waals surface area contributed by atoms with Crippen LogP contribution in [0.15, 0.2) is 170 Å². The van der Waals surface area contributed by atoms with Crippen molar-refractivity contribution >= 4 is 0 Å². The minimum Gasteiger partial charge on any atom is -0.247 e. The quantitative estimate of drug-likeness (QED) is 0.171. The Balaban J connectivity index is 0.997. The largest absolute Gasteiger partial charge is 0.247 e. The van der Waals surface area contributed by atoms with Gasteiger partial charge in [0.25, 0.3) is 0 Å². The number of nitrogens with zero attached hydrogens (tertiary/aromatic N) is 6. The zero-order valence-electron chi connectivity index (χ0n) is 41.8. The number of aromatic nitrogens is 6. The third-order valence-corrected chi connectivity index (χ3v) is 16.7. The molecule has 0 fully saturated rings. The van der Waals surface area contributed by atoms with Crippen LogP contribution in [0.5, 0.6) is 0 Å². The van der Waals surface area contributed by atoms with E-state index in [-0.39, 0.29) is 21.7 Å². The van der Waals surface area contributed by atoms with Crippen molar-refractivity contribution in [1.29, 1.82) is 0 Å². The zero-order chi connectivity index (χ0) is 49.1. The predicted molar refractivity (Wildman–Crippen MR) is 291 cm³/mol. The summed E-state index contributed by atoms with van der Waals surface area (Å²) in [6.45, 7) is 18.3. The minimum absolute atomic E-state index is 0.169. The molecule has 6 heterocycles. The van der Waals surface area contributed by atoms with E-state index < -0.39 is 0 Å². The molecular formula is C66H52N6. The molecule has 4 aromatic carbocycles. The van der Waals surface area contributed by atoms with Crippen LogP contribution in [0.2, 0.25) is 0 Å². The van der Waals surface area contributed by atoms with Crippen molar-refractivity contribution in [3.63, 3.8) is 0 Å². The molecule has 0 radical (unpaired) electrons. The Bertz CT molecular complexity index is 3490. The molecule has 0 bridgehead atoms. The van der Waals surface area contributed by atoms with Crippen LogP contribution in [-0.2, 0) is 21.7 Å². The van der Waals surface area contributed by atoms with Gasteiger partial charge < -0.3 is 0 Å². The van der Waals surface area contributed by atoms with E-state index in [0.717, 1.165) is 79.2 Å². The molecule has 0 unspecified atom stereocenters. The summed E-state index contributed by atoms with van der Waals surface area (Å²) in [7, 11) is 0. The van der Waals surface area contributed by atoms with Gasteiger partial charge in [-0.25, -0.2) is 29.9 Å². The summed E-state index contributed by atoms with van der Waals surface area (Å²) in [5.41, 5.74) is 26.1. The molecule has 4 aliphatic carbocycles. The Morgan fingerprint density at radius 2 is 0.458 bits per heavy atom. The lowest BCUT2D eigenvalue weighted by atomic mass is 9.83. The average molecular weight is 929 g/mol. The molecule has 0 aliphatic heterocycles. The van der Waals surface area contributed by atoms with E-state index in [4.69, 9.17) is 29.9 Å². The van der Waals surface area contributed by atoms with Gasteiger partial charge in [0.2, 0.25) is 0 Å². The van der Waals surface area contributed by atoms with Crippen molar-refractivity contribution in [2.24, 2.45) is 0 Å². The highest BCUT2D eigenvalue weighted by Gasteiger charge is 2.40. The van der Waals surface area contributed by atoms with E-state index in [9.17, 15) is 0 Å². The van der Waals surface area contributed by atoms with Crippen molar-refractivity contribution in [3.8, 4) is 102 Å². The van der Waals surface area contributed by atoms with Gasteiger partial charge in [-0.1, -0.05) is 177 Å². The third kappa shape index (κ3) is 5.95. The fourth-order valence-electron chi connectivity index (χ4n) is 12.7. The van der Waals surface area contributed by atoms with Crippen molar-refractivity contribution in [3.05, 3.63) is 214 Å². The van der Waals surface area contributed by atoms with E-state index in [1.54, 1.807) is 0 Å². The van der Waals surface area contributed by atoms with Crippen LogP contribution < -0.4 is 0 Å². The Morgan fingerprint density at radius 3 is 0.750 bits per heavy atom. The molecule has 0 N–H and O–H groups in total. The lowest BCUT2D eigenvalue weighted by Crippen LogP contribution is -2.15. The lowest BCUT2D eigenvalue weighted by molar-refractivity contribution is 0.659. The van der Waals surface area contributed by atoms with E-state index in [1.165, 1.54) is 55.6 Å². The number of hydrogen-bond acceptors (Lipinski definition) is 6. The van der Waals surface area contributed by atoms with Gasteiger partial charge in [-0.05, 0) is 93.0 Å². The van der Waals surface area contributed by atoms with Gasteiger partial charge in [-0.3, -0.25) is 0 Å². The summed E-state index contributed by atoms with van der Waals surface area (Å²) >= 11 is 0. The Kier molecular flexibility index (Phi) is 8.69. The van der Waals surface area contributed by atoms with E-state index in [0.29, 0.717) is 11.4 Å². The van der Waals surface area contributed by atoms with Crippen LogP contribution in [0.25, 0.3) is 102 Å². The van der Waals surface area contributed by atoms with Gasteiger partial charge in [0.15, 0.2) is 0 Å². The SMILES string of the molecule is CC1(C)c2ccccc2-c2nc(-c3cc(-c4cc(-c5ccc6c(n5)-c5ccccc5C6(C)C)cc(-c5ccc6c(n5)-c5ccccc5C6(C)C)n4)nc(-c4ccc5c(n4)-c4ccccc4C5(C)C)c3)ccc21. The molecule has 0 saturated heterocycles. The summed E-state index contributed by atoms with van der Waals surface area (Å²) in [6, 6.07) is 60.9. The average Bonchev–Trinajstić information content (AvgIpc) is 3.98. The highest BCUT2D eigenvalue weighted by atomic mass is 14.9. The van der Waals surface area contributed by atoms with E-state index in [2.05, 4.69) is 225 Å². The molecule has 346 valence electrons. The topological polar surface area (TPSA) is 77.3 Å². The second-order valence-electron chi connectivity index (χ2n) is 22.3. The predicted octanol–water partition coefficient (Wildman–Crippen LogP) is 15.6. The van der Waals surface area contributed by atoms with Crippen LogP contribution in [-0.4, -0.2) is 29.9 Å². The van der Waals surface area contributed by atoms with Crippen molar-refractivity contribution in [2.75, 3.05) is 0 Å². The molecule has 0 spiro atoms. The van der Waals surface area contributed by atoms with Crippen molar-refractivity contribution in [2.45, 2.75) is 77.0 Å². The van der Waals surface area contributed by atoms with Gasteiger partial charge in [-0.2, -0.15) is 0 Å². The van der Waals surface area contributed by atoms with Crippen LogP contribution in [0.1, 0.15) is 99.9 Å². The first-order chi connectivity index (χ1) is 34.7. The van der Waals surface area contributed by atoms with Crippen LogP contribution in [0.4, 0.5) is 0 Å². The van der Waals surface area contributed by atoms with E-state index in [1.807, 2.05) is 0 Å². The molecule has 6 heteroatoms. The number of fused-ring (bicyclic) bond motifs is 12. The van der Waals surface area contributed by atoms with Gasteiger partial charge in [0, 0.05) is 55.0 Å². The second kappa shape index (κ2) is 14.7. The number of benzene rings is 4. The molecule has 10 aromatic rings. The maximum Gasteiger partial charge on any atom is 0.0901 e. The fourth-order valence-corrected chi connectivity index (χ4v) is 12.7. The first-order valence-electron chi connectivity index (χ1n) is 25.2. The second-order valence-corrected chi connectivity index (χ2v) is 22.3. The van der Waals surface area contributed by atoms with Crippen molar-refractivity contribution < 1.29 is 0 Å². The first kappa shape index (κ1) is 42.6. The van der Waals surface area contributed by atoms with E-state index >= 15 is 0 Å². The van der Waals surface area contributed by atoms with Gasteiger partial charge in [-0.15, -0.1) is 0 Å². The Hall–Kier alpha value is -8.22. The molecular weight excluding hydrogens is 877 g/mol. The Morgan fingerprint density at radius 1 is 0.222 bits per heavy atom. The zero-order valence-corrected chi connectivity index (χ0v) is 41.8. The minimum atomic E-state index is -0.177. The molecule has 0 amide bonds. The van der Waals surface area contributed by atoms with Gasteiger partial charge in [0.1, 0.15) is 0 Å². The maximum absolute atomic E-state index is 5.54. The third-order valence-electron chi connectivity index (χ3n) is 16.7. The van der Waals surface area contributed by atoms with Crippen molar-refractivity contribution in [1.82, 2.24) is 29.9 Å². The van der Waals surface area contributed by atoms with Gasteiger partial charge >= 0.3 is 0 Å².